The van der Waals surface area contributed by atoms with Crippen molar-refractivity contribution in [3.8, 4) is 0 Å². The van der Waals surface area contributed by atoms with E-state index in [9.17, 15) is 0 Å². The first-order valence-corrected chi connectivity index (χ1v) is 5.21. The predicted octanol–water partition coefficient (Wildman–Crippen LogP) is 2.61. The lowest BCUT2D eigenvalue weighted by atomic mass is 9.97. The van der Waals surface area contributed by atoms with Gasteiger partial charge in [-0.2, -0.15) is 0 Å². The Morgan fingerprint density at radius 3 is 2.67 bits per heavy atom. The van der Waals surface area contributed by atoms with Crippen LogP contribution in [0.5, 0.6) is 0 Å². The standard InChI is InChI=1S/C9H15BrN2/c1-8-11-4-5-12(8)7-9(2,3)6-10/h4-5H,6-7H2,1-3H3. The van der Waals surface area contributed by atoms with Crippen LogP contribution in [0.25, 0.3) is 0 Å². The van der Waals surface area contributed by atoms with Crippen molar-refractivity contribution < 1.29 is 0 Å². The predicted molar refractivity (Wildman–Crippen MR) is 54.5 cm³/mol. The molecule has 0 atom stereocenters. The monoisotopic (exact) mass is 230 g/mol. The fourth-order valence-corrected chi connectivity index (χ4v) is 1.25. The molecule has 0 saturated heterocycles. The van der Waals surface area contributed by atoms with Gasteiger partial charge >= 0.3 is 0 Å². The van der Waals surface area contributed by atoms with E-state index >= 15 is 0 Å². The maximum Gasteiger partial charge on any atom is 0.105 e. The van der Waals surface area contributed by atoms with Gasteiger partial charge in [-0.3, -0.25) is 0 Å². The fraction of sp³-hybridized carbons (Fsp3) is 0.667. The molecule has 0 bridgehead atoms. The molecule has 1 rings (SSSR count). The van der Waals surface area contributed by atoms with E-state index in [-0.39, 0.29) is 0 Å². The van der Waals surface area contributed by atoms with Gasteiger partial charge in [-0.1, -0.05) is 29.8 Å². The Morgan fingerprint density at radius 1 is 1.58 bits per heavy atom. The van der Waals surface area contributed by atoms with E-state index < -0.39 is 0 Å². The molecule has 0 aliphatic rings. The lowest BCUT2D eigenvalue weighted by Gasteiger charge is -2.22. The van der Waals surface area contributed by atoms with Gasteiger partial charge in [-0.25, -0.2) is 4.98 Å². The molecule has 0 N–H and O–H groups in total. The SMILES string of the molecule is Cc1nccn1CC(C)(C)CBr. The third-order valence-electron chi connectivity index (χ3n) is 1.88. The van der Waals surface area contributed by atoms with E-state index in [0.29, 0.717) is 5.41 Å². The van der Waals surface area contributed by atoms with Gasteiger partial charge in [-0.05, 0) is 12.3 Å². The minimum atomic E-state index is 0.297. The molecule has 0 aliphatic carbocycles. The molecule has 0 radical (unpaired) electrons. The van der Waals surface area contributed by atoms with Crippen LogP contribution < -0.4 is 0 Å². The lowest BCUT2D eigenvalue weighted by Crippen LogP contribution is -2.21. The first-order valence-electron chi connectivity index (χ1n) is 4.09. The van der Waals surface area contributed by atoms with Crippen molar-refractivity contribution in [2.24, 2.45) is 5.41 Å². The van der Waals surface area contributed by atoms with Crippen molar-refractivity contribution in [2.45, 2.75) is 27.3 Å². The number of hydrogen-bond donors (Lipinski definition) is 0. The van der Waals surface area contributed by atoms with E-state index in [4.69, 9.17) is 0 Å². The second-order valence-corrected chi connectivity index (χ2v) is 4.46. The van der Waals surface area contributed by atoms with Crippen LogP contribution in [0, 0.1) is 12.3 Å². The highest BCUT2D eigenvalue weighted by Gasteiger charge is 2.17. The molecule has 0 saturated carbocycles. The molecule has 12 heavy (non-hydrogen) atoms. The highest BCUT2D eigenvalue weighted by atomic mass is 79.9. The molecule has 1 aromatic rings. The summed E-state index contributed by atoms with van der Waals surface area (Å²) in [4.78, 5) is 4.18. The van der Waals surface area contributed by atoms with Crippen molar-refractivity contribution in [3.05, 3.63) is 18.2 Å². The van der Waals surface area contributed by atoms with Crippen molar-refractivity contribution >= 4 is 15.9 Å². The van der Waals surface area contributed by atoms with Crippen LogP contribution in [-0.2, 0) is 6.54 Å². The Balaban J connectivity index is 2.70. The lowest BCUT2D eigenvalue weighted by molar-refractivity contribution is 0.351. The van der Waals surface area contributed by atoms with E-state index in [2.05, 4.69) is 39.3 Å². The van der Waals surface area contributed by atoms with Crippen molar-refractivity contribution in [1.29, 1.82) is 0 Å². The number of nitrogens with zero attached hydrogens (tertiary/aromatic N) is 2. The van der Waals surface area contributed by atoms with Crippen LogP contribution in [0.1, 0.15) is 19.7 Å². The summed E-state index contributed by atoms with van der Waals surface area (Å²) in [6, 6.07) is 0. The van der Waals surface area contributed by atoms with Gasteiger partial charge in [-0.15, -0.1) is 0 Å². The Kier molecular flexibility index (Phi) is 2.94. The number of alkyl halides is 1. The van der Waals surface area contributed by atoms with Gasteiger partial charge in [0.05, 0.1) is 0 Å². The van der Waals surface area contributed by atoms with Gasteiger partial charge < -0.3 is 4.57 Å². The molecule has 3 heteroatoms. The number of imidazole rings is 1. The summed E-state index contributed by atoms with van der Waals surface area (Å²) in [6.07, 6.45) is 3.87. The third-order valence-corrected chi connectivity index (χ3v) is 3.40. The van der Waals surface area contributed by atoms with Gasteiger partial charge in [0.1, 0.15) is 5.82 Å². The van der Waals surface area contributed by atoms with E-state index in [1.165, 1.54) is 0 Å². The molecular formula is C9H15BrN2. The topological polar surface area (TPSA) is 17.8 Å². The van der Waals surface area contributed by atoms with Crippen LogP contribution in [0.15, 0.2) is 12.4 Å². The molecule has 0 unspecified atom stereocenters. The van der Waals surface area contributed by atoms with E-state index in [1.807, 2.05) is 19.3 Å². The summed E-state index contributed by atoms with van der Waals surface area (Å²) >= 11 is 3.51. The molecule has 1 heterocycles. The first-order chi connectivity index (χ1) is 5.55. The highest BCUT2D eigenvalue weighted by Crippen LogP contribution is 2.21. The maximum atomic E-state index is 4.18. The Labute approximate surface area is 82.1 Å². The fourth-order valence-electron chi connectivity index (χ4n) is 1.07. The van der Waals surface area contributed by atoms with Gasteiger partial charge in [0.25, 0.3) is 0 Å². The van der Waals surface area contributed by atoms with Crippen molar-refractivity contribution in [1.82, 2.24) is 9.55 Å². The van der Waals surface area contributed by atoms with Gasteiger partial charge in [0.2, 0.25) is 0 Å². The van der Waals surface area contributed by atoms with E-state index in [1.54, 1.807) is 0 Å². The number of aryl methyl sites for hydroxylation is 1. The molecule has 0 fully saturated rings. The molecule has 0 spiro atoms. The molecule has 2 nitrogen and oxygen atoms in total. The average molecular weight is 231 g/mol. The van der Waals surface area contributed by atoms with Crippen molar-refractivity contribution in [3.63, 3.8) is 0 Å². The van der Waals surface area contributed by atoms with Crippen LogP contribution in [0.3, 0.4) is 0 Å². The molecule has 0 aromatic carbocycles. The average Bonchev–Trinajstić information content (AvgIpc) is 2.36. The number of rotatable bonds is 3. The van der Waals surface area contributed by atoms with Crippen LogP contribution >= 0.6 is 15.9 Å². The summed E-state index contributed by atoms with van der Waals surface area (Å²) in [5.74, 6) is 1.09. The largest absolute Gasteiger partial charge is 0.335 e. The van der Waals surface area contributed by atoms with Crippen molar-refractivity contribution in [2.75, 3.05) is 5.33 Å². The van der Waals surface area contributed by atoms with E-state index in [0.717, 1.165) is 17.7 Å². The van der Waals surface area contributed by atoms with Crippen LogP contribution in [-0.4, -0.2) is 14.9 Å². The summed E-state index contributed by atoms with van der Waals surface area (Å²) in [7, 11) is 0. The summed E-state index contributed by atoms with van der Waals surface area (Å²) < 4.78 is 2.18. The minimum absolute atomic E-state index is 0.297. The first kappa shape index (κ1) is 9.78. The minimum Gasteiger partial charge on any atom is -0.335 e. The Morgan fingerprint density at radius 2 is 2.25 bits per heavy atom. The Bertz CT molecular complexity index is 253. The number of halogens is 1. The van der Waals surface area contributed by atoms with Crippen LogP contribution in [0.2, 0.25) is 0 Å². The highest BCUT2D eigenvalue weighted by molar-refractivity contribution is 9.09. The molecule has 68 valence electrons. The normalized spacial score (nSPS) is 12.0. The smallest absolute Gasteiger partial charge is 0.105 e. The second kappa shape index (κ2) is 3.60. The van der Waals surface area contributed by atoms with Gasteiger partial charge in [0.15, 0.2) is 0 Å². The molecule has 1 aromatic heterocycles. The molecular weight excluding hydrogens is 216 g/mol. The third kappa shape index (κ3) is 2.34. The maximum absolute atomic E-state index is 4.18. The molecule has 0 amide bonds. The number of aromatic nitrogens is 2. The second-order valence-electron chi connectivity index (χ2n) is 3.90. The van der Waals surface area contributed by atoms with Gasteiger partial charge in [0, 0.05) is 24.3 Å². The molecule has 0 aliphatic heterocycles. The Hall–Kier alpha value is -0.310. The zero-order valence-corrected chi connectivity index (χ0v) is 9.43. The number of hydrogen-bond acceptors (Lipinski definition) is 1. The summed E-state index contributed by atoms with van der Waals surface area (Å²) in [5, 5.41) is 1.01. The summed E-state index contributed by atoms with van der Waals surface area (Å²) in [6.45, 7) is 7.52. The zero-order chi connectivity index (χ0) is 9.19. The zero-order valence-electron chi connectivity index (χ0n) is 7.84. The summed E-state index contributed by atoms with van der Waals surface area (Å²) in [5.41, 5.74) is 0.297. The quantitative estimate of drug-likeness (QED) is 0.731. The van der Waals surface area contributed by atoms with Crippen LogP contribution in [0.4, 0.5) is 0 Å².